The molecule has 0 aliphatic carbocycles. The predicted molar refractivity (Wildman–Crippen MR) is 70.1 cm³/mol. The molecule has 1 aromatic carbocycles. The van der Waals surface area contributed by atoms with Gasteiger partial charge in [-0.05, 0) is 37.1 Å². The van der Waals surface area contributed by atoms with Crippen molar-refractivity contribution >= 4 is 0 Å². The van der Waals surface area contributed by atoms with Crippen LogP contribution in [-0.2, 0) is 13.1 Å². The minimum absolute atomic E-state index is 0.629. The molecule has 0 heterocycles. The molecule has 0 spiro atoms. The van der Waals surface area contributed by atoms with Crippen molar-refractivity contribution in [1.82, 2.24) is 4.90 Å². The minimum atomic E-state index is 0.629. The fourth-order valence-electron chi connectivity index (χ4n) is 1.72. The third-order valence-electron chi connectivity index (χ3n) is 2.77. The van der Waals surface area contributed by atoms with E-state index < -0.39 is 0 Å². The van der Waals surface area contributed by atoms with Crippen LogP contribution in [-0.4, -0.2) is 18.5 Å². The van der Waals surface area contributed by atoms with Crippen LogP contribution in [0, 0.1) is 5.92 Å². The molecular weight excluding hydrogens is 196 g/mol. The summed E-state index contributed by atoms with van der Waals surface area (Å²) in [6, 6.07) is 8.54. The molecule has 0 atom stereocenters. The molecule has 0 aromatic heterocycles. The van der Waals surface area contributed by atoms with E-state index in [0.717, 1.165) is 19.0 Å². The van der Waals surface area contributed by atoms with Crippen LogP contribution in [0.4, 0.5) is 0 Å². The molecule has 2 N–H and O–H groups in total. The number of nitrogens with zero attached hydrogens (tertiary/aromatic N) is 1. The molecule has 0 radical (unpaired) electrons. The quantitative estimate of drug-likeness (QED) is 0.798. The molecule has 0 bridgehead atoms. The Bertz CT molecular complexity index is 307. The molecule has 1 aromatic rings. The lowest BCUT2D eigenvalue weighted by Gasteiger charge is -2.18. The van der Waals surface area contributed by atoms with Crippen LogP contribution in [0.2, 0.25) is 0 Å². The summed E-state index contributed by atoms with van der Waals surface area (Å²) >= 11 is 0. The van der Waals surface area contributed by atoms with Gasteiger partial charge in [0.05, 0.1) is 0 Å². The van der Waals surface area contributed by atoms with E-state index in [1.807, 2.05) is 0 Å². The Balaban J connectivity index is 2.45. The fraction of sp³-hybridized carbons (Fsp3) is 0.571. The third-order valence-corrected chi connectivity index (χ3v) is 2.77. The molecule has 0 amide bonds. The van der Waals surface area contributed by atoms with Crippen molar-refractivity contribution < 1.29 is 0 Å². The van der Waals surface area contributed by atoms with Gasteiger partial charge in [0.25, 0.3) is 0 Å². The van der Waals surface area contributed by atoms with E-state index >= 15 is 0 Å². The average Bonchev–Trinajstić information content (AvgIpc) is 2.26. The van der Waals surface area contributed by atoms with Gasteiger partial charge in [0, 0.05) is 13.1 Å². The minimum Gasteiger partial charge on any atom is -0.326 e. The Morgan fingerprint density at radius 3 is 2.56 bits per heavy atom. The molecule has 0 aliphatic rings. The van der Waals surface area contributed by atoms with Gasteiger partial charge in [0.2, 0.25) is 0 Å². The van der Waals surface area contributed by atoms with E-state index in [2.05, 4.69) is 50.1 Å². The summed E-state index contributed by atoms with van der Waals surface area (Å²) < 4.78 is 0. The monoisotopic (exact) mass is 220 g/mol. The lowest BCUT2D eigenvalue weighted by molar-refractivity contribution is 0.303. The highest BCUT2D eigenvalue weighted by atomic mass is 15.1. The molecule has 0 aliphatic heterocycles. The van der Waals surface area contributed by atoms with Gasteiger partial charge < -0.3 is 10.6 Å². The molecule has 90 valence electrons. The van der Waals surface area contributed by atoms with Crippen LogP contribution in [0.1, 0.15) is 31.4 Å². The highest BCUT2D eigenvalue weighted by Crippen LogP contribution is 2.08. The summed E-state index contributed by atoms with van der Waals surface area (Å²) in [4.78, 5) is 2.37. The first-order chi connectivity index (χ1) is 7.61. The SMILES string of the molecule is CC(C)CCN(C)Cc1cccc(CN)c1. The zero-order valence-corrected chi connectivity index (χ0v) is 10.7. The Morgan fingerprint density at radius 2 is 1.94 bits per heavy atom. The number of rotatable bonds is 6. The first-order valence-electron chi connectivity index (χ1n) is 6.08. The van der Waals surface area contributed by atoms with E-state index in [9.17, 15) is 0 Å². The molecule has 2 heteroatoms. The second-order valence-corrected chi connectivity index (χ2v) is 4.94. The first-order valence-corrected chi connectivity index (χ1v) is 6.08. The zero-order chi connectivity index (χ0) is 12.0. The Labute approximate surface area is 99.5 Å². The predicted octanol–water partition coefficient (Wildman–Crippen LogP) is 2.62. The van der Waals surface area contributed by atoms with Crippen LogP contribution < -0.4 is 5.73 Å². The van der Waals surface area contributed by atoms with Gasteiger partial charge in [-0.3, -0.25) is 0 Å². The Hall–Kier alpha value is -0.860. The van der Waals surface area contributed by atoms with Gasteiger partial charge in [0.1, 0.15) is 0 Å². The topological polar surface area (TPSA) is 29.3 Å². The second-order valence-electron chi connectivity index (χ2n) is 4.94. The highest BCUT2D eigenvalue weighted by molar-refractivity contribution is 5.23. The van der Waals surface area contributed by atoms with Crippen molar-refractivity contribution in [3.63, 3.8) is 0 Å². The molecule has 2 nitrogen and oxygen atoms in total. The van der Waals surface area contributed by atoms with E-state index in [1.165, 1.54) is 17.5 Å². The summed E-state index contributed by atoms with van der Waals surface area (Å²) in [5.41, 5.74) is 8.21. The van der Waals surface area contributed by atoms with E-state index in [1.54, 1.807) is 0 Å². The lowest BCUT2D eigenvalue weighted by Crippen LogP contribution is -2.20. The summed E-state index contributed by atoms with van der Waals surface area (Å²) in [5, 5.41) is 0. The number of nitrogens with two attached hydrogens (primary N) is 1. The summed E-state index contributed by atoms with van der Waals surface area (Å²) in [5.74, 6) is 0.776. The van der Waals surface area contributed by atoms with Crippen LogP contribution >= 0.6 is 0 Å². The van der Waals surface area contributed by atoms with Crippen molar-refractivity contribution in [2.75, 3.05) is 13.6 Å². The molecule has 0 saturated carbocycles. The zero-order valence-electron chi connectivity index (χ0n) is 10.7. The van der Waals surface area contributed by atoms with E-state index in [4.69, 9.17) is 5.73 Å². The molecule has 0 unspecified atom stereocenters. The summed E-state index contributed by atoms with van der Waals surface area (Å²) in [6.45, 7) is 7.33. The van der Waals surface area contributed by atoms with E-state index in [-0.39, 0.29) is 0 Å². The van der Waals surface area contributed by atoms with Crippen LogP contribution in [0.15, 0.2) is 24.3 Å². The van der Waals surface area contributed by atoms with Crippen LogP contribution in [0.3, 0.4) is 0 Å². The standard InChI is InChI=1S/C14H24N2/c1-12(2)7-8-16(3)11-14-6-4-5-13(9-14)10-15/h4-6,9,12H,7-8,10-11,15H2,1-3H3. The maximum atomic E-state index is 5.63. The Morgan fingerprint density at radius 1 is 1.25 bits per heavy atom. The van der Waals surface area contributed by atoms with Crippen molar-refractivity contribution in [1.29, 1.82) is 0 Å². The lowest BCUT2D eigenvalue weighted by atomic mass is 10.1. The number of hydrogen-bond acceptors (Lipinski definition) is 2. The molecule has 0 fully saturated rings. The maximum Gasteiger partial charge on any atom is 0.0230 e. The fourth-order valence-corrected chi connectivity index (χ4v) is 1.72. The van der Waals surface area contributed by atoms with Crippen molar-refractivity contribution in [2.24, 2.45) is 11.7 Å². The van der Waals surface area contributed by atoms with Crippen molar-refractivity contribution in [3.8, 4) is 0 Å². The van der Waals surface area contributed by atoms with Crippen LogP contribution in [0.5, 0.6) is 0 Å². The molecule has 16 heavy (non-hydrogen) atoms. The summed E-state index contributed by atoms with van der Waals surface area (Å²) in [7, 11) is 2.18. The molecule has 1 rings (SSSR count). The largest absolute Gasteiger partial charge is 0.326 e. The van der Waals surface area contributed by atoms with Crippen molar-refractivity contribution in [2.45, 2.75) is 33.4 Å². The highest BCUT2D eigenvalue weighted by Gasteiger charge is 2.02. The van der Waals surface area contributed by atoms with E-state index in [0.29, 0.717) is 6.54 Å². The van der Waals surface area contributed by atoms with Gasteiger partial charge in [0.15, 0.2) is 0 Å². The third kappa shape index (κ3) is 4.77. The van der Waals surface area contributed by atoms with Crippen molar-refractivity contribution in [3.05, 3.63) is 35.4 Å². The van der Waals surface area contributed by atoms with Gasteiger partial charge in [-0.2, -0.15) is 0 Å². The first kappa shape index (κ1) is 13.2. The van der Waals surface area contributed by atoms with Gasteiger partial charge in [-0.25, -0.2) is 0 Å². The smallest absolute Gasteiger partial charge is 0.0230 e. The molecule has 0 saturated heterocycles. The normalized spacial score (nSPS) is 11.4. The summed E-state index contributed by atoms with van der Waals surface area (Å²) in [6.07, 6.45) is 1.26. The second kappa shape index (κ2) is 6.66. The van der Waals surface area contributed by atoms with Gasteiger partial charge in [-0.15, -0.1) is 0 Å². The number of benzene rings is 1. The molecular formula is C14H24N2. The van der Waals surface area contributed by atoms with Gasteiger partial charge in [-0.1, -0.05) is 38.1 Å². The average molecular weight is 220 g/mol. The van der Waals surface area contributed by atoms with Gasteiger partial charge >= 0.3 is 0 Å². The maximum absolute atomic E-state index is 5.63. The number of hydrogen-bond donors (Lipinski definition) is 1. The Kier molecular flexibility index (Phi) is 5.50. The van der Waals surface area contributed by atoms with Crippen LogP contribution in [0.25, 0.3) is 0 Å².